The Labute approximate surface area is 390 Å². The first-order valence-electron chi connectivity index (χ1n) is 21.4. The smallest absolute Gasteiger partial charge is 0.457 e. The minimum atomic E-state index is -4.68. The highest BCUT2D eigenvalue weighted by atomic mass is 35.5. The molecule has 3 aromatic heterocycles. The number of nitrogens with zero attached hydrogens (tertiary/aromatic N) is 5. The lowest BCUT2D eigenvalue weighted by molar-refractivity contribution is -0.274. The van der Waals surface area contributed by atoms with E-state index in [1.165, 1.54) is 36.7 Å². The van der Waals surface area contributed by atoms with Gasteiger partial charge in [-0.15, -0.1) is 13.2 Å². The third-order valence-corrected chi connectivity index (χ3v) is 11.4. The van der Waals surface area contributed by atoms with E-state index < -0.39 is 23.9 Å². The second kappa shape index (κ2) is 20.2. The summed E-state index contributed by atoms with van der Waals surface area (Å²) < 4.78 is 100. The van der Waals surface area contributed by atoms with Gasteiger partial charge in [-0.05, 0) is 133 Å². The second-order valence-electron chi connectivity index (χ2n) is 15.7. The van der Waals surface area contributed by atoms with E-state index in [9.17, 15) is 35.5 Å². The third-order valence-electron chi connectivity index (χ3n) is 11.2. The Morgan fingerprint density at radius 3 is 2.10 bits per heavy atom. The molecule has 0 spiro atoms. The predicted octanol–water partition coefficient (Wildman–Crippen LogP) is 13.1. The van der Waals surface area contributed by atoms with Crippen LogP contribution in [0.2, 0.25) is 5.02 Å². The lowest BCUT2D eigenvalue weighted by Gasteiger charge is -2.34. The minimum Gasteiger partial charge on any atom is -0.457 e. The van der Waals surface area contributed by atoms with Crippen LogP contribution in [0.1, 0.15) is 58.6 Å². The van der Waals surface area contributed by atoms with Gasteiger partial charge in [-0.2, -0.15) is 13.2 Å². The van der Waals surface area contributed by atoms with E-state index in [-0.39, 0.29) is 28.8 Å². The molecule has 18 heteroatoms. The molecule has 5 aromatic carbocycles. The number of hydrogen-bond donors (Lipinski definition) is 2. The molecule has 1 saturated heterocycles. The Kier molecular flexibility index (Phi) is 14.0. The monoisotopic (exact) mass is 955 g/mol. The number of carbonyl (C=O) groups excluding carboxylic acids is 1. The number of fused-ring (bicyclic) bond motifs is 2. The molecular formula is C50H41ClF7N7O3. The molecule has 68 heavy (non-hydrogen) atoms. The van der Waals surface area contributed by atoms with Crippen molar-refractivity contribution in [3.8, 4) is 17.2 Å². The predicted molar refractivity (Wildman–Crippen MR) is 245 cm³/mol. The molecule has 1 amide bonds. The summed E-state index contributed by atoms with van der Waals surface area (Å²) in [5.74, 6) is 0.640. The first-order valence-corrected chi connectivity index (χ1v) is 21.7. The number of para-hydroxylation sites is 1. The number of pyridine rings is 1. The van der Waals surface area contributed by atoms with E-state index in [1.54, 1.807) is 71.3 Å². The maximum absolute atomic E-state index is 13.9. The molecule has 2 N–H and O–H groups in total. The number of halogens is 8. The van der Waals surface area contributed by atoms with E-state index in [0.717, 1.165) is 60.6 Å². The van der Waals surface area contributed by atoms with Gasteiger partial charge in [0.2, 0.25) is 0 Å². The highest BCUT2D eigenvalue weighted by Crippen LogP contribution is 2.34. The number of anilines is 3. The number of aromatic nitrogens is 4. The fourth-order valence-corrected chi connectivity index (χ4v) is 7.96. The fraction of sp³-hybridized carbons (Fsp3) is 0.200. The third kappa shape index (κ3) is 11.6. The molecule has 0 radical (unpaired) electrons. The molecule has 8 aromatic rings. The van der Waals surface area contributed by atoms with Crippen LogP contribution in [0, 0.1) is 5.82 Å². The normalized spacial score (nSPS) is 13.2. The van der Waals surface area contributed by atoms with Crippen LogP contribution in [0.15, 0.2) is 140 Å². The summed E-state index contributed by atoms with van der Waals surface area (Å²) in [5, 5.41) is 7.16. The van der Waals surface area contributed by atoms with Crippen molar-refractivity contribution in [2.24, 2.45) is 0 Å². The molecule has 1 aliphatic rings. The number of carbonyl (C=O) groups is 1. The van der Waals surface area contributed by atoms with Crippen LogP contribution in [-0.4, -0.2) is 44.7 Å². The summed E-state index contributed by atoms with van der Waals surface area (Å²) >= 11 is 6.14. The van der Waals surface area contributed by atoms with Crippen LogP contribution in [0.25, 0.3) is 16.6 Å². The molecule has 0 atom stereocenters. The van der Waals surface area contributed by atoms with Gasteiger partial charge in [0, 0.05) is 42.6 Å². The number of hydrogen-bond acceptors (Lipinski definition) is 8. The minimum absolute atomic E-state index is 0.200. The Hall–Kier alpha value is -7.40. The van der Waals surface area contributed by atoms with Crippen molar-refractivity contribution in [3.63, 3.8) is 0 Å². The zero-order valence-electron chi connectivity index (χ0n) is 36.1. The number of benzene rings is 5. The summed E-state index contributed by atoms with van der Waals surface area (Å²) in [6, 6.07) is 33.7. The molecule has 0 saturated carbocycles. The highest BCUT2D eigenvalue weighted by Gasteiger charge is 2.32. The van der Waals surface area contributed by atoms with Gasteiger partial charge < -0.3 is 25.0 Å². The molecule has 0 aliphatic carbocycles. The first-order chi connectivity index (χ1) is 32.6. The number of imidazole rings is 1. The van der Waals surface area contributed by atoms with Crippen LogP contribution in [-0.2, 0) is 19.1 Å². The molecule has 1 fully saturated rings. The summed E-state index contributed by atoms with van der Waals surface area (Å²) in [6.45, 7) is 4.04. The summed E-state index contributed by atoms with van der Waals surface area (Å²) in [5.41, 5.74) is 5.15. The zero-order chi connectivity index (χ0) is 48.0. The Bertz CT molecular complexity index is 3000. The first kappa shape index (κ1) is 47.1. The highest BCUT2D eigenvalue weighted by molar-refractivity contribution is 6.30. The average molecular weight is 956 g/mol. The lowest BCUT2D eigenvalue weighted by atomic mass is 9.89. The zero-order valence-corrected chi connectivity index (χ0v) is 36.8. The van der Waals surface area contributed by atoms with Gasteiger partial charge in [-0.3, -0.25) is 9.20 Å². The van der Waals surface area contributed by atoms with Crippen LogP contribution in [0.3, 0.4) is 0 Å². The van der Waals surface area contributed by atoms with Gasteiger partial charge in [0.1, 0.15) is 52.1 Å². The lowest BCUT2D eigenvalue weighted by Crippen LogP contribution is -2.32. The largest absolute Gasteiger partial charge is 0.573 e. The van der Waals surface area contributed by atoms with Gasteiger partial charge >= 0.3 is 12.5 Å². The number of amides is 1. The number of rotatable bonds is 11. The molecule has 0 bridgehead atoms. The van der Waals surface area contributed by atoms with E-state index in [4.69, 9.17) is 16.3 Å². The quantitative estimate of drug-likeness (QED) is 0.124. The van der Waals surface area contributed by atoms with E-state index in [1.807, 2.05) is 19.1 Å². The van der Waals surface area contributed by atoms with Crippen molar-refractivity contribution in [3.05, 3.63) is 179 Å². The van der Waals surface area contributed by atoms with Gasteiger partial charge in [-0.1, -0.05) is 48.9 Å². The van der Waals surface area contributed by atoms with Gasteiger partial charge in [-0.25, -0.2) is 19.3 Å². The number of alkyl halides is 6. The standard InChI is InChI=1S/C29H28ClF3N4O2.C21H13F4N3O/c1-2-25-27(37-18-22(30)7-12-26(37)35-25)28(38)34-17-19-3-8-23(9-4-19)36-15-13-21(14-16-36)20-5-10-24(11-6-20)39-29(31,32)33;22-18-3-1-2-17-19(18)26-12-27-20(17)28-14-6-10-16(11-7-14)29-15-8-4-13(5-9-15)21(23,24)25/h3-12,18,21H,2,13-17H2,1H3,(H,34,38);1-12H,(H,26,27,28). The Morgan fingerprint density at radius 1 is 0.794 bits per heavy atom. The van der Waals surface area contributed by atoms with E-state index >= 15 is 0 Å². The Morgan fingerprint density at radius 2 is 1.46 bits per heavy atom. The molecule has 9 rings (SSSR count). The Balaban J connectivity index is 0.000000192. The second-order valence-corrected chi connectivity index (χ2v) is 16.1. The van der Waals surface area contributed by atoms with Crippen LogP contribution in [0.5, 0.6) is 17.2 Å². The van der Waals surface area contributed by atoms with E-state index in [2.05, 4.69) is 47.4 Å². The molecule has 0 unspecified atom stereocenters. The molecule has 4 heterocycles. The topological polar surface area (TPSA) is 106 Å². The summed E-state index contributed by atoms with van der Waals surface area (Å²) in [4.78, 5) is 28.0. The van der Waals surface area contributed by atoms with Crippen molar-refractivity contribution in [2.45, 2.75) is 51.2 Å². The van der Waals surface area contributed by atoms with Crippen LogP contribution >= 0.6 is 11.6 Å². The van der Waals surface area contributed by atoms with Crippen molar-refractivity contribution >= 4 is 51.3 Å². The number of ether oxygens (including phenoxy) is 2. The SMILES string of the molecule is CCc1nc2ccc(Cl)cn2c1C(=O)NCc1ccc(N2CCC(c3ccc(OC(F)(F)F)cc3)CC2)cc1.Fc1cccc2c(Nc3ccc(Oc4ccc(C(F)(F)F)cc4)cc3)ncnc12. The molecular weight excluding hydrogens is 915 g/mol. The number of aryl methyl sites for hydroxylation is 1. The molecule has 350 valence electrons. The van der Waals surface area contributed by atoms with Gasteiger partial charge in [0.15, 0.2) is 0 Å². The average Bonchev–Trinajstić information content (AvgIpc) is 3.70. The van der Waals surface area contributed by atoms with Crippen molar-refractivity contribution in [2.75, 3.05) is 23.3 Å². The van der Waals surface area contributed by atoms with E-state index in [0.29, 0.717) is 52.0 Å². The number of piperidine rings is 1. The molecule has 1 aliphatic heterocycles. The van der Waals surface area contributed by atoms with Gasteiger partial charge in [0.05, 0.1) is 16.3 Å². The van der Waals surface area contributed by atoms with Gasteiger partial charge in [0.25, 0.3) is 5.91 Å². The maximum atomic E-state index is 13.9. The maximum Gasteiger partial charge on any atom is 0.573 e. The summed E-state index contributed by atoms with van der Waals surface area (Å²) in [7, 11) is 0. The number of nitrogens with one attached hydrogen (secondary N) is 2. The molecule has 10 nitrogen and oxygen atoms in total. The summed E-state index contributed by atoms with van der Waals surface area (Å²) in [6.07, 6.45) is -3.66. The van der Waals surface area contributed by atoms with Crippen molar-refractivity contribution < 1.29 is 45.0 Å². The van der Waals surface area contributed by atoms with Crippen LogP contribution in [0.4, 0.5) is 47.9 Å². The van der Waals surface area contributed by atoms with Crippen molar-refractivity contribution in [1.29, 1.82) is 0 Å². The van der Waals surface area contributed by atoms with Crippen LogP contribution < -0.4 is 25.0 Å². The van der Waals surface area contributed by atoms with Crippen molar-refractivity contribution in [1.82, 2.24) is 24.7 Å². The fourth-order valence-electron chi connectivity index (χ4n) is 7.80.